The number of unbranched alkanes of at least 4 members (excludes halogenated alkanes) is 2. The summed E-state index contributed by atoms with van der Waals surface area (Å²) in [6, 6.07) is 7.54. The summed E-state index contributed by atoms with van der Waals surface area (Å²) in [5.41, 5.74) is 0.950. The highest BCUT2D eigenvalue weighted by Crippen LogP contribution is 2.11. The van der Waals surface area contributed by atoms with Crippen LogP contribution in [-0.4, -0.2) is 24.6 Å². The molecule has 1 aromatic rings. The Morgan fingerprint density at radius 3 is 2.53 bits per heavy atom. The SMILES string of the molecule is COc1ccc(C(=S)NCCCCCC(=O)[O-])cc1. The van der Waals surface area contributed by atoms with Crippen molar-refractivity contribution < 1.29 is 14.6 Å². The molecule has 0 unspecified atom stereocenters. The number of methoxy groups -OCH3 is 1. The van der Waals surface area contributed by atoms with E-state index < -0.39 is 5.97 Å². The molecule has 0 bridgehead atoms. The van der Waals surface area contributed by atoms with Crippen LogP contribution in [-0.2, 0) is 4.79 Å². The summed E-state index contributed by atoms with van der Waals surface area (Å²) in [6.45, 7) is 0.748. The normalized spacial score (nSPS) is 9.95. The maximum atomic E-state index is 10.2. The van der Waals surface area contributed by atoms with Gasteiger partial charge in [0.15, 0.2) is 0 Å². The van der Waals surface area contributed by atoms with Gasteiger partial charge in [0.1, 0.15) is 10.7 Å². The number of carbonyl (C=O) groups excluding carboxylic acids is 1. The molecule has 0 aromatic heterocycles. The Bertz CT molecular complexity index is 417. The summed E-state index contributed by atoms with van der Waals surface area (Å²) < 4.78 is 5.08. The number of thiocarbonyl (C=S) groups is 1. The van der Waals surface area contributed by atoms with E-state index in [1.165, 1.54) is 0 Å². The molecule has 1 rings (SSSR count). The highest BCUT2D eigenvalue weighted by molar-refractivity contribution is 7.80. The van der Waals surface area contributed by atoms with Gasteiger partial charge in [-0.15, -0.1) is 0 Å². The fraction of sp³-hybridized carbons (Fsp3) is 0.429. The second kappa shape index (κ2) is 8.48. The van der Waals surface area contributed by atoms with Crippen molar-refractivity contribution in [1.29, 1.82) is 0 Å². The molecule has 0 aliphatic rings. The van der Waals surface area contributed by atoms with Crippen LogP contribution >= 0.6 is 12.2 Å². The molecule has 0 amide bonds. The van der Waals surface area contributed by atoms with E-state index in [0.717, 1.165) is 30.7 Å². The van der Waals surface area contributed by atoms with Gasteiger partial charge in [-0.25, -0.2) is 0 Å². The van der Waals surface area contributed by atoms with E-state index in [1.807, 2.05) is 24.3 Å². The van der Waals surface area contributed by atoms with Crippen molar-refractivity contribution in [3.63, 3.8) is 0 Å². The second-order valence-electron chi connectivity index (χ2n) is 4.17. The van der Waals surface area contributed by atoms with Gasteiger partial charge in [0.05, 0.1) is 7.11 Å². The van der Waals surface area contributed by atoms with Crippen molar-refractivity contribution >= 4 is 23.2 Å². The van der Waals surface area contributed by atoms with Gasteiger partial charge < -0.3 is 20.0 Å². The molecule has 0 spiro atoms. The lowest BCUT2D eigenvalue weighted by Gasteiger charge is -2.09. The topological polar surface area (TPSA) is 61.4 Å². The van der Waals surface area contributed by atoms with E-state index in [1.54, 1.807) is 7.11 Å². The van der Waals surface area contributed by atoms with E-state index in [9.17, 15) is 9.90 Å². The van der Waals surface area contributed by atoms with Crippen LogP contribution in [0.5, 0.6) is 5.75 Å². The van der Waals surface area contributed by atoms with Crippen molar-refractivity contribution in [2.45, 2.75) is 25.7 Å². The molecule has 0 aliphatic heterocycles. The van der Waals surface area contributed by atoms with Gasteiger partial charge in [-0.3, -0.25) is 0 Å². The zero-order valence-corrected chi connectivity index (χ0v) is 11.8. The van der Waals surface area contributed by atoms with Gasteiger partial charge in [-0.2, -0.15) is 0 Å². The number of carboxylic acids is 1. The number of ether oxygens (including phenoxy) is 1. The van der Waals surface area contributed by atoms with Gasteiger partial charge in [-0.05, 0) is 43.5 Å². The van der Waals surface area contributed by atoms with Crippen LogP contribution < -0.4 is 15.2 Å². The maximum absolute atomic E-state index is 10.2. The molecular formula is C14H18NO3S-. The fourth-order valence-electron chi connectivity index (χ4n) is 1.62. The minimum Gasteiger partial charge on any atom is -0.550 e. The lowest BCUT2D eigenvalue weighted by atomic mass is 10.2. The quantitative estimate of drug-likeness (QED) is 0.574. The summed E-state index contributed by atoms with van der Waals surface area (Å²) >= 11 is 5.26. The average molecular weight is 280 g/mol. The summed E-state index contributed by atoms with van der Waals surface area (Å²) in [7, 11) is 1.62. The average Bonchev–Trinajstić information content (AvgIpc) is 2.42. The van der Waals surface area contributed by atoms with Crippen molar-refractivity contribution in [2.24, 2.45) is 0 Å². The molecular weight excluding hydrogens is 262 g/mol. The minimum atomic E-state index is -0.985. The van der Waals surface area contributed by atoms with Gasteiger partial charge in [0, 0.05) is 18.1 Å². The monoisotopic (exact) mass is 280 g/mol. The first-order valence-electron chi connectivity index (χ1n) is 6.25. The van der Waals surface area contributed by atoms with Gasteiger partial charge in [0.2, 0.25) is 0 Å². The number of hydrogen-bond donors (Lipinski definition) is 1. The molecule has 4 nitrogen and oxygen atoms in total. The largest absolute Gasteiger partial charge is 0.550 e. The molecule has 5 heteroatoms. The van der Waals surface area contributed by atoms with E-state index in [-0.39, 0.29) is 6.42 Å². The Kier molecular flexibility index (Phi) is 6.89. The lowest BCUT2D eigenvalue weighted by Crippen LogP contribution is -2.24. The van der Waals surface area contributed by atoms with Gasteiger partial charge in [0.25, 0.3) is 0 Å². The first-order chi connectivity index (χ1) is 9.13. The molecule has 19 heavy (non-hydrogen) atoms. The van der Waals surface area contributed by atoms with Crippen LogP contribution in [0.15, 0.2) is 24.3 Å². The first kappa shape index (κ1) is 15.4. The number of benzene rings is 1. The Morgan fingerprint density at radius 1 is 1.26 bits per heavy atom. The van der Waals surface area contributed by atoms with Crippen LogP contribution in [0.25, 0.3) is 0 Å². The number of aliphatic carboxylic acids is 1. The van der Waals surface area contributed by atoms with E-state index in [0.29, 0.717) is 11.4 Å². The van der Waals surface area contributed by atoms with Crippen LogP contribution in [0.2, 0.25) is 0 Å². The van der Waals surface area contributed by atoms with Crippen molar-refractivity contribution in [3.8, 4) is 5.75 Å². The number of carboxylic acid groups (broad SMARTS) is 1. The standard InChI is InChI=1S/C14H19NO3S/c1-18-12-8-6-11(7-9-12)14(19)15-10-4-2-3-5-13(16)17/h6-9H,2-5,10H2,1H3,(H,15,19)(H,16,17)/p-1. The number of rotatable bonds is 8. The predicted octanol–water partition coefficient (Wildman–Crippen LogP) is 1.27. The third kappa shape index (κ3) is 6.20. The number of nitrogens with one attached hydrogen (secondary N) is 1. The second-order valence-corrected chi connectivity index (χ2v) is 4.58. The Morgan fingerprint density at radius 2 is 1.95 bits per heavy atom. The maximum Gasteiger partial charge on any atom is 0.118 e. The summed E-state index contributed by atoms with van der Waals surface area (Å²) in [6.07, 6.45) is 2.53. The van der Waals surface area contributed by atoms with Crippen molar-refractivity contribution in [1.82, 2.24) is 5.32 Å². The molecule has 104 valence electrons. The highest BCUT2D eigenvalue weighted by Gasteiger charge is 2.00. The van der Waals surface area contributed by atoms with Crippen LogP contribution in [0, 0.1) is 0 Å². The van der Waals surface area contributed by atoms with E-state index in [2.05, 4.69) is 5.32 Å². The Hall–Kier alpha value is -1.62. The smallest absolute Gasteiger partial charge is 0.118 e. The third-order valence-corrected chi connectivity index (χ3v) is 3.08. The molecule has 0 radical (unpaired) electrons. The molecule has 0 fully saturated rings. The molecule has 0 atom stereocenters. The van der Waals surface area contributed by atoms with Crippen molar-refractivity contribution in [2.75, 3.05) is 13.7 Å². The summed E-state index contributed by atoms with van der Waals surface area (Å²) in [4.78, 5) is 10.9. The molecule has 0 saturated carbocycles. The minimum absolute atomic E-state index is 0.128. The zero-order chi connectivity index (χ0) is 14.1. The van der Waals surface area contributed by atoms with Crippen LogP contribution in [0.1, 0.15) is 31.2 Å². The first-order valence-corrected chi connectivity index (χ1v) is 6.66. The number of carbonyl (C=O) groups is 1. The molecule has 0 heterocycles. The predicted molar refractivity (Wildman–Crippen MR) is 76.2 cm³/mol. The summed E-state index contributed by atoms with van der Waals surface area (Å²) in [5, 5.41) is 13.4. The van der Waals surface area contributed by atoms with Crippen molar-refractivity contribution in [3.05, 3.63) is 29.8 Å². The molecule has 0 aliphatic carbocycles. The molecule has 1 aromatic carbocycles. The third-order valence-electron chi connectivity index (χ3n) is 2.70. The fourth-order valence-corrected chi connectivity index (χ4v) is 1.86. The Labute approximate surface area is 118 Å². The highest BCUT2D eigenvalue weighted by atomic mass is 32.1. The van der Waals surface area contributed by atoms with E-state index in [4.69, 9.17) is 17.0 Å². The summed E-state index contributed by atoms with van der Waals surface area (Å²) in [5.74, 6) is -0.185. The van der Waals surface area contributed by atoms with Crippen LogP contribution in [0.3, 0.4) is 0 Å². The van der Waals surface area contributed by atoms with Gasteiger partial charge >= 0.3 is 0 Å². The molecule has 1 N–H and O–H groups in total. The lowest BCUT2D eigenvalue weighted by molar-refractivity contribution is -0.305. The molecule has 0 saturated heterocycles. The van der Waals surface area contributed by atoms with Crippen LogP contribution in [0.4, 0.5) is 0 Å². The zero-order valence-electron chi connectivity index (χ0n) is 11.0. The number of hydrogen-bond acceptors (Lipinski definition) is 4. The Balaban J connectivity index is 2.21. The van der Waals surface area contributed by atoms with Gasteiger partial charge in [-0.1, -0.05) is 18.6 Å². The van der Waals surface area contributed by atoms with E-state index >= 15 is 0 Å².